The zero-order valence-corrected chi connectivity index (χ0v) is 19.9. The van der Waals surface area contributed by atoms with E-state index < -0.39 is 21.7 Å². The van der Waals surface area contributed by atoms with E-state index >= 15 is 0 Å². The second kappa shape index (κ2) is 9.84. The first-order chi connectivity index (χ1) is 16.3. The number of aliphatic hydroxyl groups is 1. The monoisotopic (exact) mass is 477 g/mol. The predicted molar refractivity (Wildman–Crippen MR) is 132 cm³/mol. The molecule has 0 amide bonds. The fourth-order valence-electron chi connectivity index (χ4n) is 3.83. The SMILES string of the molecule is C[C@H](CNC[C@@](C)(O)c1ccccc1)N(c1cnccn1)S(=O)(=O)c1ccc2cnccc2c1. The summed E-state index contributed by atoms with van der Waals surface area (Å²) in [5.41, 5.74) is -0.330. The van der Waals surface area contributed by atoms with Crippen molar-refractivity contribution in [1.82, 2.24) is 20.3 Å². The van der Waals surface area contributed by atoms with Gasteiger partial charge in [-0.3, -0.25) is 9.97 Å². The van der Waals surface area contributed by atoms with Crippen molar-refractivity contribution in [3.8, 4) is 0 Å². The highest BCUT2D eigenvalue weighted by Gasteiger charge is 2.31. The average molecular weight is 478 g/mol. The second-order valence-electron chi connectivity index (χ2n) is 8.37. The number of sulfonamides is 1. The average Bonchev–Trinajstić information content (AvgIpc) is 2.85. The number of anilines is 1. The minimum absolute atomic E-state index is 0.153. The molecule has 2 aromatic heterocycles. The number of pyridine rings is 1. The lowest BCUT2D eigenvalue weighted by atomic mass is 9.96. The molecule has 9 heteroatoms. The maximum atomic E-state index is 13.8. The highest BCUT2D eigenvalue weighted by atomic mass is 32.2. The Morgan fingerprint density at radius 3 is 2.50 bits per heavy atom. The van der Waals surface area contributed by atoms with Crippen LogP contribution in [-0.4, -0.2) is 47.6 Å². The van der Waals surface area contributed by atoms with Gasteiger partial charge in [-0.2, -0.15) is 0 Å². The highest BCUT2D eigenvalue weighted by molar-refractivity contribution is 7.92. The van der Waals surface area contributed by atoms with Crippen LogP contribution in [0.25, 0.3) is 10.8 Å². The molecule has 0 radical (unpaired) electrons. The van der Waals surface area contributed by atoms with Crippen LogP contribution in [0.15, 0.2) is 90.5 Å². The topological polar surface area (TPSA) is 108 Å². The van der Waals surface area contributed by atoms with Gasteiger partial charge in [0.05, 0.1) is 22.7 Å². The fourth-order valence-corrected chi connectivity index (χ4v) is 5.46. The largest absolute Gasteiger partial charge is 0.384 e. The summed E-state index contributed by atoms with van der Waals surface area (Å²) < 4.78 is 28.8. The summed E-state index contributed by atoms with van der Waals surface area (Å²) in [5, 5.41) is 15.7. The Balaban J connectivity index is 1.59. The van der Waals surface area contributed by atoms with Crippen molar-refractivity contribution < 1.29 is 13.5 Å². The van der Waals surface area contributed by atoms with Gasteiger partial charge in [-0.25, -0.2) is 17.7 Å². The van der Waals surface area contributed by atoms with E-state index in [1.165, 1.54) is 22.9 Å². The first-order valence-corrected chi connectivity index (χ1v) is 12.4. The number of rotatable bonds is 9. The Hall–Kier alpha value is -3.40. The second-order valence-corrected chi connectivity index (χ2v) is 10.2. The minimum atomic E-state index is -3.95. The normalized spacial score (nSPS) is 14.4. The fraction of sp³-hybridized carbons (Fsp3) is 0.240. The third-order valence-electron chi connectivity index (χ3n) is 5.65. The molecule has 4 rings (SSSR count). The Labute approximate surface area is 199 Å². The van der Waals surface area contributed by atoms with Gasteiger partial charge >= 0.3 is 0 Å². The van der Waals surface area contributed by atoms with E-state index in [0.717, 1.165) is 16.3 Å². The molecular weight excluding hydrogens is 450 g/mol. The van der Waals surface area contributed by atoms with Gasteiger partial charge in [0.1, 0.15) is 0 Å². The third-order valence-corrected chi connectivity index (χ3v) is 7.56. The predicted octanol–water partition coefficient (Wildman–Crippen LogP) is 3.11. The molecule has 2 heterocycles. The van der Waals surface area contributed by atoms with Gasteiger partial charge in [0.15, 0.2) is 5.82 Å². The minimum Gasteiger partial charge on any atom is -0.384 e. The first-order valence-electron chi connectivity index (χ1n) is 10.9. The molecule has 34 heavy (non-hydrogen) atoms. The van der Waals surface area contributed by atoms with Crippen molar-refractivity contribution in [1.29, 1.82) is 0 Å². The summed E-state index contributed by atoms with van der Waals surface area (Å²) >= 11 is 0. The summed E-state index contributed by atoms with van der Waals surface area (Å²) in [6.45, 7) is 4.05. The maximum Gasteiger partial charge on any atom is 0.265 e. The van der Waals surface area contributed by atoms with Crippen LogP contribution in [-0.2, 0) is 15.6 Å². The Morgan fingerprint density at radius 2 is 1.76 bits per heavy atom. The molecule has 8 nitrogen and oxygen atoms in total. The number of nitrogens with one attached hydrogen (secondary N) is 1. The molecule has 0 unspecified atom stereocenters. The summed E-state index contributed by atoms with van der Waals surface area (Å²) in [7, 11) is -3.95. The molecule has 0 bridgehead atoms. The van der Waals surface area contributed by atoms with Crippen LogP contribution in [0.3, 0.4) is 0 Å². The van der Waals surface area contributed by atoms with E-state index in [9.17, 15) is 13.5 Å². The van der Waals surface area contributed by atoms with E-state index in [4.69, 9.17) is 0 Å². The molecule has 4 aromatic rings. The zero-order chi connectivity index (χ0) is 24.2. The highest BCUT2D eigenvalue weighted by Crippen LogP contribution is 2.26. The zero-order valence-electron chi connectivity index (χ0n) is 19.0. The molecule has 176 valence electrons. The van der Waals surface area contributed by atoms with Crippen molar-refractivity contribution in [2.75, 3.05) is 17.4 Å². The van der Waals surface area contributed by atoms with E-state index in [0.29, 0.717) is 0 Å². The Kier molecular flexibility index (Phi) is 6.87. The summed E-state index contributed by atoms with van der Waals surface area (Å²) in [4.78, 5) is 12.6. The van der Waals surface area contributed by atoms with Gasteiger partial charge in [0, 0.05) is 43.3 Å². The molecule has 0 saturated heterocycles. The van der Waals surface area contributed by atoms with Crippen LogP contribution >= 0.6 is 0 Å². The van der Waals surface area contributed by atoms with E-state index in [-0.39, 0.29) is 23.8 Å². The van der Waals surface area contributed by atoms with Gasteiger partial charge in [0.25, 0.3) is 10.0 Å². The van der Waals surface area contributed by atoms with Gasteiger partial charge in [-0.1, -0.05) is 36.4 Å². The van der Waals surface area contributed by atoms with E-state index in [1.807, 2.05) is 30.3 Å². The van der Waals surface area contributed by atoms with Crippen molar-refractivity contribution in [3.63, 3.8) is 0 Å². The Morgan fingerprint density at radius 1 is 1.00 bits per heavy atom. The summed E-state index contributed by atoms with van der Waals surface area (Å²) in [6, 6.07) is 15.6. The molecule has 0 fully saturated rings. The molecule has 0 aliphatic rings. The molecule has 2 aromatic carbocycles. The Bertz CT molecular complexity index is 1350. The number of aromatic nitrogens is 3. The molecule has 2 atom stereocenters. The number of fused-ring (bicyclic) bond motifs is 1. The first kappa shape index (κ1) is 23.7. The van der Waals surface area contributed by atoms with Crippen molar-refractivity contribution in [2.24, 2.45) is 0 Å². The van der Waals surface area contributed by atoms with Crippen molar-refractivity contribution in [3.05, 3.63) is 91.1 Å². The third kappa shape index (κ3) is 5.06. The summed E-state index contributed by atoms with van der Waals surface area (Å²) in [5.74, 6) is 0.224. The van der Waals surface area contributed by atoms with Crippen molar-refractivity contribution >= 4 is 26.6 Å². The molecular formula is C25H27N5O3S. The number of nitrogens with zero attached hydrogens (tertiary/aromatic N) is 4. The van der Waals surface area contributed by atoms with Crippen LogP contribution < -0.4 is 9.62 Å². The standard InChI is InChI=1S/C25H27N5O3S/c1-19(15-28-18-25(2,31)22-6-4-3-5-7-22)30(24-17-27-12-13-29-24)34(32,33)23-9-8-21-16-26-11-10-20(21)14-23/h3-14,16-17,19,28,31H,15,18H2,1-2H3/t19-,25-/m1/s1. The van der Waals surface area contributed by atoms with Crippen LogP contribution in [0.5, 0.6) is 0 Å². The molecule has 0 saturated carbocycles. The van der Waals surface area contributed by atoms with Crippen molar-refractivity contribution in [2.45, 2.75) is 30.4 Å². The van der Waals surface area contributed by atoms with Crippen LogP contribution in [0, 0.1) is 0 Å². The summed E-state index contributed by atoms with van der Waals surface area (Å²) in [6.07, 6.45) is 7.71. The number of hydrogen-bond donors (Lipinski definition) is 2. The molecule has 0 spiro atoms. The van der Waals surface area contributed by atoms with Gasteiger partial charge in [0.2, 0.25) is 0 Å². The smallest absolute Gasteiger partial charge is 0.265 e. The lowest BCUT2D eigenvalue weighted by Gasteiger charge is -2.31. The van der Waals surface area contributed by atoms with E-state index in [2.05, 4.69) is 20.3 Å². The van der Waals surface area contributed by atoms with Gasteiger partial charge in [-0.05, 0) is 43.0 Å². The number of hydrogen-bond acceptors (Lipinski definition) is 7. The van der Waals surface area contributed by atoms with Crippen LogP contribution in [0.1, 0.15) is 19.4 Å². The van der Waals surface area contributed by atoms with Crippen LogP contribution in [0.2, 0.25) is 0 Å². The van der Waals surface area contributed by atoms with Gasteiger partial charge < -0.3 is 10.4 Å². The maximum absolute atomic E-state index is 13.8. The molecule has 2 N–H and O–H groups in total. The molecule has 0 aliphatic carbocycles. The number of benzene rings is 2. The van der Waals surface area contributed by atoms with Gasteiger partial charge in [-0.15, -0.1) is 0 Å². The quantitative estimate of drug-likeness (QED) is 0.381. The lowest BCUT2D eigenvalue weighted by molar-refractivity contribution is 0.0569. The van der Waals surface area contributed by atoms with E-state index in [1.54, 1.807) is 50.5 Å². The lowest BCUT2D eigenvalue weighted by Crippen LogP contribution is -2.47. The molecule has 0 aliphatic heterocycles. The van der Waals surface area contributed by atoms with Crippen LogP contribution in [0.4, 0.5) is 5.82 Å².